The van der Waals surface area contributed by atoms with Gasteiger partial charge in [-0.05, 0) is 47.0 Å². The molecule has 21 heavy (non-hydrogen) atoms. The fourth-order valence-electron chi connectivity index (χ4n) is 2.28. The number of carbonyl (C=O) groups excluding carboxylic acids is 1. The second-order valence-electron chi connectivity index (χ2n) is 4.81. The van der Waals surface area contributed by atoms with Gasteiger partial charge in [0.2, 0.25) is 0 Å². The summed E-state index contributed by atoms with van der Waals surface area (Å²) in [5, 5.41) is 0. The van der Waals surface area contributed by atoms with Crippen molar-refractivity contribution in [3.8, 4) is 0 Å². The smallest absolute Gasteiger partial charge is 0.261 e. The number of amides is 1. The van der Waals surface area contributed by atoms with E-state index in [1.165, 1.54) is 18.2 Å². The van der Waals surface area contributed by atoms with E-state index in [0.717, 1.165) is 12.8 Å². The van der Waals surface area contributed by atoms with E-state index in [9.17, 15) is 13.2 Å². The molecule has 116 valence electrons. The molecule has 0 bridgehead atoms. The van der Waals surface area contributed by atoms with Gasteiger partial charge in [0, 0.05) is 35.4 Å². The molecule has 1 aliphatic rings. The van der Waals surface area contributed by atoms with E-state index in [0.29, 0.717) is 23.1 Å². The van der Waals surface area contributed by atoms with Crippen LogP contribution in [-0.4, -0.2) is 45.5 Å². The predicted molar refractivity (Wildman–Crippen MR) is 83.1 cm³/mol. The maximum atomic E-state index is 12.5. The number of hydrogen-bond acceptors (Lipinski definition) is 4. The van der Waals surface area contributed by atoms with Crippen molar-refractivity contribution >= 4 is 41.6 Å². The number of benzene rings is 1. The maximum absolute atomic E-state index is 12.5. The van der Waals surface area contributed by atoms with Crippen LogP contribution < -0.4 is 0 Å². The van der Waals surface area contributed by atoms with E-state index < -0.39 is 9.05 Å². The van der Waals surface area contributed by atoms with Gasteiger partial charge in [0.25, 0.3) is 15.0 Å². The zero-order valence-corrected chi connectivity index (χ0v) is 14.5. The lowest BCUT2D eigenvalue weighted by atomic mass is 10.1. The Balaban J connectivity index is 2.23. The molecule has 0 atom stereocenters. The minimum atomic E-state index is -3.86. The molecule has 2 rings (SSSR count). The fraction of sp³-hybridized carbons (Fsp3) is 0.462. The summed E-state index contributed by atoms with van der Waals surface area (Å²) in [6.45, 7) is 1.17. The van der Waals surface area contributed by atoms with Crippen molar-refractivity contribution in [1.82, 2.24) is 4.90 Å². The molecule has 1 aromatic rings. The highest BCUT2D eigenvalue weighted by atomic mass is 79.9. The summed E-state index contributed by atoms with van der Waals surface area (Å²) in [4.78, 5) is 14.1. The van der Waals surface area contributed by atoms with E-state index in [2.05, 4.69) is 15.9 Å². The molecule has 0 aliphatic carbocycles. The summed E-state index contributed by atoms with van der Waals surface area (Å²) < 4.78 is 28.6. The van der Waals surface area contributed by atoms with Crippen LogP contribution in [0.15, 0.2) is 27.6 Å². The van der Waals surface area contributed by atoms with Crippen LogP contribution in [-0.2, 0) is 13.8 Å². The highest BCUT2D eigenvalue weighted by molar-refractivity contribution is 9.10. The largest absolute Gasteiger partial charge is 0.381 e. The van der Waals surface area contributed by atoms with E-state index in [1.54, 1.807) is 12.0 Å². The number of carbonyl (C=O) groups is 1. The summed E-state index contributed by atoms with van der Waals surface area (Å²) in [6.07, 6.45) is 1.72. The molecule has 1 fully saturated rings. The van der Waals surface area contributed by atoms with Crippen LogP contribution in [0.3, 0.4) is 0 Å². The molecular formula is C13H15BrClNO4S. The van der Waals surface area contributed by atoms with Crippen molar-refractivity contribution in [2.75, 3.05) is 20.2 Å². The monoisotopic (exact) mass is 395 g/mol. The lowest BCUT2D eigenvalue weighted by Crippen LogP contribution is -2.40. The Morgan fingerprint density at radius 2 is 2.00 bits per heavy atom. The number of hydrogen-bond donors (Lipinski definition) is 0. The molecule has 0 spiro atoms. The number of ether oxygens (including phenoxy) is 1. The van der Waals surface area contributed by atoms with Crippen molar-refractivity contribution in [2.24, 2.45) is 0 Å². The number of methoxy groups -OCH3 is 1. The van der Waals surface area contributed by atoms with Crippen LogP contribution in [0.25, 0.3) is 0 Å². The number of likely N-dealkylation sites (tertiary alicyclic amines) is 1. The van der Waals surface area contributed by atoms with E-state index in [1.807, 2.05) is 0 Å². The average molecular weight is 397 g/mol. The van der Waals surface area contributed by atoms with Crippen LogP contribution >= 0.6 is 26.6 Å². The Kier molecular flexibility index (Phi) is 5.29. The number of nitrogens with zero attached hydrogens (tertiary/aromatic N) is 1. The van der Waals surface area contributed by atoms with Gasteiger partial charge in [-0.2, -0.15) is 0 Å². The first-order valence-corrected chi connectivity index (χ1v) is 9.49. The topological polar surface area (TPSA) is 63.7 Å². The highest BCUT2D eigenvalue weighted by Gasteiger charge is 2.25. The Bertz CT molecular complexity index is 642. The standard InChI is InChI=1S/C13H15BrClNO4S/c1-20-9-4-6-16(7-5-9)13(17)11-8-10(21(15,18)19)2-3-12(11)14/h2-3,8-9H,4-7H2,1H3. The van der Waals surface area contributed by atoms with E-state index >= 15 is 0 Å². The first-order valence-electron chi connectivity index (χ1n) is 6.39. The Morgan fingerprint density at radius 1 is 1.38 bits per heavy atom. The third-order valence-electron chi connectivity index (χ3n) is 3.51. The lowest BCUT2D eigenvalue weighted by Gasteiger charge is -2.31. The van der Waals surface area contributed by atoms with Gasteiger partial charge in [-0.1, -0.05) is 0 Å². The third kappa shape index (κ3) is 3.97. The van der Waals surface area contributed by atoms with Crippen molar-refractivity contribution in [1.29, 1.82) is 0 Å². The molecule has 1 amide bonds. The van der Waals surface area contributed by atoms with Crippen LogP contribution in [0.5, 0.6) is 0 Å². The van der Waals surface area contributed by atoms with Gasteiger partial charge in [0.1, 0.15) is 0 Å². The zero-order chi connectivity index (χ0) is 15.6. The molecule has 0 radical (unpaired) electrons. The summed E-state index contributed by atoms with van der Waals surface area (Å²) >= 11 is 3.28. The van der Waals surface area contributed by atoms with E-state index in [-0.39, 0.29) is 16.9 Å². The minimum Gasteiger partial charge on any atom is -0.381 e. The van der Waals surface area contributed by atoms with Gasteiger partial charge in [-0.25, -0.2) is 8.42 Å². The third-order valence-corrected chi connectivity index (χ3v) is 5.56. The van der Waals surface area contributed by atoms with Crippen molar-refractivity contribution in [2.45, 2.75) is 23.8 Å². The predicted octanol–water partition coefficient (Wildman–Crippen LogP) is 2.63. The van der Waals surface area contributed by atoms with Gasteiger partial charge in [0.05, 0.1) is 16.6 Å². The minimum absolute atomic E-state index is 0.0810. The first kappa shape index (κ1) is 16.7. The molecule has 8 heteroatoms. The van der Waals surface area contributed by atoms with Gasteiger partial charge in [-0.3, -0.25) is 4.79 Å². The second-order valence-corrected chi connectivity index (χ2v) is 8.23. The van der Waals surface area contributed by atoms with Crippen LogP contribution in [0.1, 0.15) is 23.2 Å². The molecular weight excluding hydrogens is 382 g/mol. The summed E-state index contributed by atoms with van der Waals surface area (Å²) in [5.41, 5.74) is 0.299. The Hall–Kier alpha value is -0.630. The molecule has 1 aromatic carbocycles. The second kappa shape index (κ2) is 6.64. The summed E-state index contributed by atoms with van der Waals surface area (Å²) in [7, 11) is 3.13. The van der Waals surface area contributed by atoms with Crippen LogP contribution in [0.4, 0.5) is 0 Å². The fourth-order valence-corrected chi connectivity index (χ4v) is 3.48. The van der Waals surface area contributed by atoms with Gasteiger partial charge < -0.3 is 9.64 Å². The van der Waals surface area contributed by atoms with Gasteiger partial charge in [-0.15, -0.1) is 0 Å². The number of halogens is 2. The molecule has 0 saturated carbocycles. The molecule has 1 saturated heterocycles. The quantitative estimate of drug-likeness (QED) is 0.737. The molecule has 0 unspecified atom stereocenters. The molecule has 0 aromatic heterocycles. The summed E-state index contributed by atoms with van der Waals surface area (Å²) in [6, 6.07) is 4.18. The van der Waals surface area contributed by atoms with Crippen LogP contribution in [0.2, 0.25) is 0 Å². The SMILES string of the molecule is COC1CCN(C(=O)c2cc(S(=O)(=O)Cl)ccc2Br)CC1. The molecule has 0 N–H and O–H groups in total. The molecule has 5 nitrogen and oxygen atoms in total. The number of piperidine rings is 1. The maximum Gasteiger partial charge on any atom is 0.261 e. The lowest BCUT2D eigenvalue weighted by molar-refractivity contribution is 0.0350. The normalized spacial score (nSPS) is 17.0. The van der Waals surface area contributed by atoms with E-state index in [4.69, 9.17) is 15.4 Å². The first-order chi connectivity index (χ1) is 9.82. The molecule has 1 aliphatic heterocycles. The van der Waals surface area contributed by atoms with Crippen molar-refractivity contribution in [3.05, 3.63) is 28.2 Å². The van der Waals surface area contributed by atoms with Crippen LogP contribution in [0, 0.1) is 0 Å². The molecule has 1 heterocycles. The van der Waals surface area contributed by atoms with Crippen molar-refractivity contribution in [3.63, 3.8) is 0 Å². The Labute approximate surface area is 136 Å². The summed E-state index contributed by atoms with van der Waals surface area (Å²) in [5.74, 6) is -0.210. The van der Waals surface area contributed by atoms with Crippen molar-refractivity contribution < 1.29 is 17.9 Å². The zero-order valence-electron chi connectivity index (χ0n) is 11.4. The average Bonchev–Trinajstić information content (AvgIpc) is 2.46. The highest BCUT2D eigenvalue weighted by Crippen LogP contribution is 2.25. The van der Waals surface area contributed by atoms with Gasteiger partial charge in [0.15, 0.2) is 0 Å². The van der Waals surface area contributed by atoms with Gasteiger partial charge >= 0.3 is 0 Å². The number of rotatable bonds is 3. The Morgan fingerprint density at radius 3 is 2.52 bits per heavy atom.